The minimum Gasteiger partial charge on any atom is -0.347 e. The lowest BCUT2D eigenvalue weighted by Gasteiger charge is -2.37. The van der Waals surface area contributed by atoms with E-state index in [0.717, 1.165) is 12.8 Å². The van der Waals surface area contributed by atoms with Gasteiger partial charge in [0.1, 0.15) is 0 Å². The van der Waals surface area contributed by atoms with Gasteiger partial charge in [-0.15, -0.1) is 0 Å². The molecule has 0 saturated carbocycles. The Balaban J connectivity index is 1.55. The number of hydrogen-bond donors (Lipinski definition) is 0. The largest absolute Gasteiger partial charge is 0.347 e. The van der Waals surface area contributed by atoms with Gasteiger partial charge in [-0.2, -0.15) is 0 Å². The second kappa shape index (κ2) is 5.09. The number of nitrogens with zero attached hydrogens (tertiary/aromatic N) is 2. The van der Waals surface area contributed by atoms with Crippen LogP contribution in [-0.2, 0) is 19.1 Å². The Hall–Kier alpha value is -1.14. The van der Waals surface area contributed by atoms with Gasteiger partial charge in [0.2, 0.25) is 0 Å². The maximum Gasteiger partial charge on any atom is 0.312 e. The molecule has 0 aromatic rings. The quantitative estimate of drug-likeness (QED) is 0.579. The molecule has 6 nitrogen and oxygen atoms in total. The predicted octanol–water partition coefficient (Wildman–Crippen LogP) is -0.0257. The van der Waals surface area contributed by atoms with Crippen LogP contribution >= 0.6 is 0 Å². The number of carbonyl (C=O) groups is 2. The number of carbonyl (C=O) groups excluding carboxylic acids is 2. The minimum atomic E-state index is -0.493. The SMILES string of the molecule is O=C(C(=O)N1CCC2(CC1)OCCO2)N1CCCC1. The Bertz CT molecular complexity index is 363. The van der Waals surface area contributed by atoms with Crippen LogP contribution in [0.25, 0.3) is 0 Å². The molecule has 106 valence electrons. The predicted molar refractivity (Wildman–Crippen MR) is 66.3 cm³/mol. The molecule has 0 aliphatic carbocycles. The topological polar surface area (TPSA) is 59.1 Å². The van der Waals surface area contributed by atoms with Crippen LogP contribution in [0.4, 0.5) is 0 Å². The third kappa shape index (κ3) is 2.47. The van der Waals surface area contributed by atoms with Gasteiger partial charge in [0.05, 0.1) is 13.2 Å². The summed E-state index contributed by atoms with van der Waals surface area (Å²) in [5.41, 5.74) is 0. The average Bonchev–Trinajstić information content (AvgIpc) is 3.10. The molecule has 1 spiro atoms. The van der Waals surface area contributed by atoms with Crippen molar-refractivity contribution in [2.45, 2.75) is 31.5 Å². The molecule has 19 heavy (non-hydrogen) atoms. The molecule has 0 aromatic carbocycles. The van der Waals surface area contributed by atoms with Crippen molar-refractivity contribution in [2.24, 2.45) is 0 Å². The number of amides is 2. The van der Waals surface area contributed by atoms with E-state index in [9.17, 15) is 9.59 Å². The number of piperidine rings is 1. The van der Waals surface area contributed by atoms with Gasteiger partial charge in [-0.3, -0.25) is 9.59 Å². The molecule has 3 aliphatic heterocycles. The third-order valence-corrected chi connectivity index (χ3v) is 4.20. The van der Waals surface area contributed by atoms with E-state index in [1.165, 1.54) is 0 Å². The fraction of sp³-hybridized carbons (Fsp3) is 0.846. The highest BCUT2D eigenvalue weighted by Crippen LogP contribution is 2.31. The summed E-state index contributed by atoms with van der Waals surface area (Å²) < 4.78 is 11.2. The van der Waals surface area contributed by atoms with Gasteiger partial charge in [-0.05, 0) is 12.8 Å². The van der Waals surface area contributed by atoms with Crippen LogP contribution in [0.3, 0.4) is 0 Å². The summed E-state index contributed by atoms with van der Waals surface area (Å²) >= 11 is 0. The van der Waals surface area contributed by atoms with E-state index in [0.29, 0.717) is 52.2 Å². The van der Waals surface area contributed by atoms with Crippen molar-refractivity contribution in [3.8, 4) is 0 Å². The maximum atomic E-state index is 12.1. The van der Waals surface area contributed by atoms with Gasteiger partial charge in [0, 0.05) is 39.0 Å². The molecule has 0 bridgehead atoms. The molecule has 0 atom stereocenters. The Morgan fingerprint density at radius 1 is 0.789 bits per heavy atom. The molecule has 0 radical (unpaired) electrons. The molecular formula is C13H20N2O4. The smallest absolute Gasteiger partial charge is 0.312 e. The van der Waals surface area contributed by atoms with E-state index in [1.54, 1.807) is 9.80 Å². The first-order chi connectivity index (χ1) is 9.20. The van der Waals surface area contributed by atoms with Gasteiger partial charge in [0.15, 0.2) is 5.79 Å². The van der Waals surface area contributed by atoms with Crippen molar-refractivity contribution in [3.05, 3.63) is 0 Å². The monoisotopic (exact) mass is 268 g/mol. The number of hydrogen-bond acceptors (Lipinski definition) is 4. The van der Waals surface area contributed by atoms with Gasteiger partial charge < -0.3 is 19.3 Å². The second-order valence-corrected chi connectivity index (χ2v) is 5.40. The van der Waals surface area contributed by atoms with Crippen molar-refractivity contribution in [2.75, 3.05) is 39.4 Å². The first-order valence-corrected chi connectivity index (χ1v) is 7.06. The summed E-state index contributed by atoms with van der Waals surface area (Å²) in [6.07, 6.45) is 3.33. The van der Waals surface area contributed by atoms with Crippen LogP contribution < -0.4 is 0 Å². The molecule has 3 saturated heterocycles. The Morgan fingerprint density at radius 2 is 1.26 bits per heavy atom. The molecule has 0 N–H and O–H groups in total. The van der Waals surface area contributed by atoms with Gasteiger partial charge in [0.25, 0.3) is 0 Å². The summed E-state index contributed by atoms with van der Waals surface area (Å²) in [4.78, 5) is 27.5. The molecule has 6 heteroatoms. The van der Waals surface area contributed by atoms with Crippen molar-refractivity contribution in [1.29, 1.82) is 0 Å². The maximum absolute atomic E-state index is 12.1. The normalized spacial score (nSPS) is 26.1. The summed E-state index contributed by atoms with van der Waals surface area (Å²) in [5.74, 6) is -1.20. The lowest BCUT2D eigenvalue weighted by atomic mass is 10.0. The zero-order valence-corrected chi connectivity index (χ0v) is 11.1. The zero-order valence-electron chi connectivity index (χ0n) is 11.1. The van der Waals surface area contributed by atoms with Crippen LogP contribution in [0.1, 0.15) is 25.7 Å². The van der Waals surface area contributed by atoms with Crippen LogP contribution in [0, 0.1) is 0 Å². The second-order valence-electron chi connectivity index (χ2n) is 5.40. The highest BCUT2D eigenvalue weighted by molar-refractivity contribution is 6.34. The van der Waals surface area contributed by atoms with Gasteiger partial charge in [-0.1, -0.05) is 0 Å². The first kappa shape index (κ1) is 12.9. The molecule has 3 aliphatic rings. The lowest BCUT2D eigenvalue weighted by molar-refractivity contribution is -0.188. The van der Waals surface area contributed by atoms with Crippen molar-refractivity contribution in [1.82, 2.24) is 9.80 Å². The lowest BCUT2D eigenvalue weighted by Crippen LogP contribution is -2.51. The van der Waals surface area contributed by atoms with Crippen LogP contribution in [-0.4, -0.2) is 66.8 Å². The van der Waals surface area contributed by atoms with Crippen molar-refractivity contribution in [3.63, 3.8) is 0 Å². The summed E-state index contributed by atoms with van der Waals surface area (Å²) in [5, 5.41) is 0. The number of ether oxygens (including phenoxy) is 2. The fourth-order valence-electron chi connectivity index (χ4n) is 3.03. The number of rotatable bonds is 0. The highest BCUT2D eigenvalue weighted by atomic mass is 16.7. The van der Waals surface area contributed by atoms with Gasteiger partial charge in [-0.25, -0.2) is 0 Å². The zero-order chi connectivity index (χ0) is 13.3. The average molecular weight is 268 g/mol. The van der Waals surface area contributed by atoms with E-state index in [4.69, 9.17) is 9.47 Å². The molecular weight excluding hydrogens is 248 g/mol. The third-order valence-electron chi connectivity index (χ3n) is 4.20. The molecule has 3 rings (SSSR count). The molecule has 2 amide bonds. The fourth-order valence-corrected chi connectivity index (χ4v) is 3.03. The Morgan fingerprint density at radius 3 is 1.79 bits per heavy atom. The van der Waals surface area contributed by atoms with E-state index in [2.05, 4.69) is 0 Å². The Kier molecular flexibility index (Phi) is 3.45. The van der Waals surface area contributed by atoms with Gasteiger partial charge >= 0.3 is 11.8 Å². The summed E-state index contributed by atoms with van der Waals surface area (Å²) in [7, 11) is 0. The summed E-state index contributed by atoms with van der Waals surface area (Å²) in [6.45, 7) is 3.77. The van der Waals surface area contributed by atoms with E-state index < -0.39 is 5.79 Å². The molecule has 3 heterocycles. The highest BCUT2D eigenvalue weighted by Gasteiger charge is 2.42. The molecule has 3 fully saturated rings. The standard InChI is InChI=1S/C13H20N2O4/c16-11(14-5-1-2-6-14)12(17)15-7-3-13(4-8-15)18-9-10-19-13/h1-10H2. The van der Waals surface area contributed by atoms with Crippen molar-refractivity contribution >= 4 is 11.8 Å². The Labute approximate surface area is 112 Å². The molecule has 0 unspecified atom stereocenters. The first-order valence-electron chi connectivity index (χ1n) is 7.06. The minimum absolute atomic E-state index is 0.346. The van der Waals surface area contributed by atoms with Crippen LogP contribution in [0.15, 0.2) is 0 Å². The van der Waals surface area contributed by atoms with Crippen LogP contribution in [0.2, 0.25) is 0 Å². The van der Waals surface area contributed by atoms with E-state index >= 15 is 0 Å². The van der Waals surface area contributed by atoms with Crippen LogP contribution in [0.5, 0.6) is 0 Å². The number of likely N-dealkylation sites (tertiary alicyclic amines) is 2. The summed E-state index contributed by atoms with van der Waals surface area (Å²) in [6, 6.07) is 0. The van der Waals surface area contributed by atoms with Crippen molar-refractivity contribution < 1.29 is 19.1 Å². The van der Waals surface area contributed by atoms with E-state index in [1.807, 2.05) is 0 Å². The molecule has 0 aromatic heterocycles. The van der Waals surface area contributed by atoms with E-state index in [-0.39, 0.29) is 11.8 Å².